The fraction of sp³-hybridized carbons (Fsp3) is 0.500. The third-order valence-corrected chi connectivity index (χ3v) is 19.8. The van der Waals surface area contributed by atoms with Crippen LogP contribution >= 0.6 is 34.8 Å². The summed E-state index contributed by atoms with van der Waals surface area (Å²) < 4.78 is 31.9. The maximum atomic E-state index is 12.5. The van der Waals surface area contributed by atoms with Gasteiger partial charge in [0.1, 0.15) is 5.69 Å². The maximum Gasteiger partial charge on any atom is 0.223 e. The van der Waals surface area contributed by atoms with Crippen molar-refractivity contribution in [3.05, 3.63) is 62.7 Å². The average molecular weight is 643 g/mol. The molecule has 34 heavy (non-hydrogen) atoms. The summed E-state index contributed by atoms with van der Waals surface area (Å²) >= 11 is 14.0. The van der Waals surface area contributed by atoms with Gasteiger partial charge in [0.2, 0.25) is 10.6 Å². The minimum Gasteiger partial charge on any atom is -0.223 e. The van der Waals surface area contributed by atoms with Crippen LogP contribution in [0.15, 0.2) is 29.6 Å². The van der Waals surface area contributed by atoms with E-state index in [4.69, 9.17) is 34.8 Å². The van der Waals surface area contributed by atoms with Gasteiger partial charge in [-0.25, -0.2) is 28.7 Å². The van der Waals surface area contributed by atoms with Gasteiger partial charge in [-0.1, -0.05) is 18.2 Å². The summed E-state index contributed by atoms with van der Waals surface area (Å²) in [5, 5.41) is -0.285. The number of halogens is 5. The van der Waals surface area contributed by atoms with Gasteiger partial charge in [0, 0.05) is 0 Å². The summed E-state index contributed by atoms with van der Waals surface area (Å²) in [5.41, 5.74) is 0.125. The van der Waals surface area contributed by atoms with Crippen LogP contribution in [0.1, 0.15) is 65.0 Å². The molecule has 2 aromatic heterocycles. The van der Waals surface area contributed by atoms with Gasteiger partial charge >= 0.3 is 102 Å². The van der Waals surface area contributed by atoms with Crippen LogP contribution < -0.4 is 0 Å². The number of hydrogen-bond donors (Lipinski definition) is 0. The second-order valence-electron chi connectivity index (χ2n) is 7.73. The number of hydrogen-bond acceptors (Lipinski definition) is 4. The Balaban J connectivity index is 0.000000499. The van der Waals surface area contributed by atoms with Crippen molar-refractivity contribution in [2.24, 2.45) is 0 Å². The first kappa shape index (κ1) is 33.2. The molecular formula is C24H35Cl3F2N4Sn. The molecule has 0 saturated carbocycles. The SMILES string of the molecule is C=Cc1nc(Cl)ncc1F.C=[CH][Sn]([CH2]CCC)([CH2]CCC)[CH2]CCC.Fc1cnc(Cl)nc1Cl. The van der Waals surface area contributed by atoms with Crippen molar-refractivity contribution in [3.63, 3.8) is 0 Å². The molecule has 2 heterocycles. The van der Waals surface area contributed by atoms with Crippen LogP contribution in [0.5, 0.6) is 0 Å². The number of nitrogens with zero attached hydrogens (tertiary/aromatic N) is 4. The van der Waals surface area contributed by atoms with E-state index in [0.29, 0.717) is 0 Å². The molecule has 190 valence electrons. The van der Waals surface area contributed by atoms with E-state index >= 15 is 0 Å². The zero-order valence-electron chi connectivity index (χ0n) is 20.3. The third kappa shape index (κ3) is 13.9. The zero-order chi connectivity index (χ0) is 26.0. The topological polar surface area (TPSA) is 51.6 Å². The molecule has 0 unspecified atom stereocenters. The van der Waals surface area contributed by atoms with Crippen molar-refractivity contribution in [1.29, 1.82) is 0 Å². The van der Waals surface area contributed by atoms with Gasteiger partial charge in [0.05, 0.1) is 12.4 Å². The normalized spacial score (nSPS) is 10.5. The zero-order valence-corrected chi connectivity index (χ0v) is 25.4. The largest absolute Gasteiger partial charge is 0.223 e. The van der Waals surface area contributed by atoms with Crippen LogP contribution in [0.4, 0.5) is 8.78 Å². The van der Waals surface area contributed by atoms with Crippen LogP contribution in [-0.2, 0) is 0 Å². The first-order valence-electron chi connectivity index (χ1n) is 11.5. The second kappa shape index (κ2) is 19.4. The first-order valence-corrected chi connectivity index (χ1v) is 20.3. The first-order chi connectivity index (χ1) is 16.2. The summed E-state index contributed by atoms with van der Waals surface area (Å²) in [7, 11) is 0. The molecule has 0 saturated heterocycles. The van der Waals surface area contributed by atoms with E-state index in [1.807, 2.05) is 0 Å². The molecule has 0 aliphatic heterocycles. The predicted molar refractivity (Wildman–Crippen MR) is 144 cm³/mol. The van der Waals surface area contributed by atoms with E-state index in [0.717, 1.165) is 12.4 Å². The summed E-state index contributed by atoms with van der Waals surface area (Å²) in [6.45, 7) is 14.5. The Morgan fingerprint density at radius 3 is 1.56 bits per heavy atom. The molecule has 0 atom stereocenters. The van der Waals surface area contributed by atoms with Crippen molar-refractivity contribution in [1.82, 2.24) is 19.9 Å². The number of aromatic nitrogens is 4. The van der Waals surface area contributed by atoms with Crippen molar-refractivity contribution in [2.45, 2.75) is 72.6 Å². The van der Waals surface area contributed by atoms with Gasteiger partial charge in [-0.2, -0.15) is 0 Å². The minimum atomic E-state index is -1.85. The van der Waals surface area contributed by atoms with E-state index in [9.17, 15) is 8.78 Å². The van der Waals surface area contributed by atoms with Gasteiger partial charge in [0.25, 0.3) is 0 Å². The van der Waals surface area contributed by atoms with Crippen molar-refractivity contribution in [3.8, 4) is 0 Å². The molecule has 0 aliphatic carbocycles. The van der Waals surface area contributed by atoms with E-state index < -0.39 is 30.0 Å². The van der Waals surface area contributed by atoms with Crippen LogP contribution in [0, 0.1) is 11.6 Å². The quantitative estimate of drug-likeness (QED) is 0.139. The summed E-state index contributed by atoms with van der Waals surface area (Å²) in [4.78, 5) is 13.6. The molecule has 10 heteroatoms. The van der Waals surface area contributed by atoms with Crippen molar-refractivity contribution < 1.29 is 8.78 Å². The van der Waals surface area contributed by atoms with E-state index in [1.165, 1.54) is 44.6 Å². The van der Waals surface area contributed by atoms with Crippen LogP contribution in [-0.4, -0.2) is 38.3 Å². The van der Waals surface area contributed by atoms with Gasteiger partial charge in [-0.3, -0.25) is 0 Å². The third-order valence-electron chi connectivity index (χ3n) is 5.12. The summed E-state index contributed by atoms with van der Waals surface area (Å²) in [5.74, 6) is -1.18. The number of rotatable bonds is 11. The Kier molecular flexibility index (Phi) is 18.9. The molecule has 0 aliphatic rings. The smallest absolute Gasteiger partial charge is 0.223 e. The minimum absolute atomic E-state index is 0.0244. The molecule has 0 bridgehead atoms. The molecule has 0 N–H and O–H groups in total. The molecule has 0 radical (unpaired) electrons. The Morgan fingerprint density at radius 2 is 1.24 bits per heavy atom. The maximum absolute atomic E-state index is 12.5. The monoisotopic (exact) mass is 642 g/mol. The van der Waals surface area contributed by atoms with Gasteiger partial charge in [-0.15, -0.1) is 0 Å². The van der Waals surface area contributed by atoms with Crippen molar-refractivity contribution in [2.75, 3.05) is 0 Å². The molecule has 2 rings (SSSR count). The molecular weight excluding hydrogens is 607 g/mol. The molecule has 0 aromatic carbocycles. The number of unbranched alkanes of at least 4 members (excludes halogenated alkanes) is 3. The van der Waals surface area contributed by atoms with Crippen molar-refractivity contribution >= 4 is 59.3 Å². The van der Waals surface area contributed by atoms with Crippen LogP contribution in [0.25, 0.3) is 6.08 Å². The standard InChI is InChI=1S/C6H4ClFN2.C4HCl2FN2.3C4H9.C2H3.Sn/c1-2-5-4(8)3-9-6(7)10-5;5-3-2(7)1-8-4(6)9-3;3*1-3-4-2;1-2;/h2-3H,1H2;1H;3*1,3-4H2,2H3;1H,2H2;. The molecule has 0 fully saturated rings. The van der Waals surface area contributed by atoms with Gasteiger partial charge in [0.15, 0.2) is 16.8 Å². The molecule has 2 aromatic rings. The predicted octanol–water partition coefficient (Wildman–Crippen LogP) is 9.40. The summed E-state index contributed by atoms with van der Waals surface area (Å²) in [6.07, 6.45) is 11.7. The van der Waals surface area contributed by atoms with Gasteiger partial charge < -0.3 is 0 Å². The Morgan fingerprint density at radius 1 is 0.794 bits per heavy atom. The second-order valence-corrected chi connectivity index (χ2v) is 22.0. The summed E-state index contributed by atoms with van der Waals surface area (Å²) in [6, 6.07) is 0. The Hall–Kier alpha value is -0.831. The Bertz CT molecular complexity index is 850. The van der Waals surface area contributed by atoms with Crippen LogP contribution in [0.2, 0.25) is 29.0 Å². The molecule has 4 nitrogen and oxygen atoms in total. The fourth-order valence-corrected chi connectivity index (χ4v) is 16.5. The van der Waals surface area contributed by atoms with Crippen LogP contribution in [0.3, 0.4) is 0 Å². The Labute approximate surface area is 222 Å². The molecule has 0 amide bonds. The van der Waals surface area contributed by atoms with Gasteiger partial charge in [-0.05, 0) is 29.3 Å². The van der Waals surface area contributed by atoms with E-state index in [1.54, 1.807) is 13.3 Å². The fourth-order valence-electron chi connectivity index (χ4n) is 3.10. The average Bonchev–Trinajstić information content (AvgIpc) is 2.84. The molecule has 0 spiro atoms. The van der Waals surface area contributed by atoms with E-state index in [2.05, 4.69) is 58.0 Å². The van der Waals surface area contributed by atoms with E-state index in [-0.39, 0.29) is 21.4 Å².